The van der Waals surface area contributed by atoms with Crippen molar-refractivity contribution < 1.29 is 24.2 Å². The number of aliphatic hydroxyl groups excluding tert-OH is 1. The topological polar surface area (TPSA) is 68.2 Å². The van der Waals surface area contributed by atoms with Crippen LogP contribution >= 0.6 is 0 Å². The van der Waals surface area contributed by atoms with Gasteiger partial charge in [-0.1, -0.05) is 36.4 Å². The highest BCUT2D eigenvalue weighted by Crippen LogP contribution is 2.36. The van der Waals surface area contributed by atoms with Crippen LogP contribution in [0.2, 0.25) is 0 Å². The van der Waals surface area contributed by atoms with Crippen LogP contribution in [0.3, 0.4) is 0 Å². The third kappa shape index (κ3) is 4.59. The predicted molar refractivity (Wildman–Crippen MR) is 137 cm³/mol. The lowest BCUT2D eigenvalue weighted by Crippen LogP contribution is -3.17. The minimum Gasteiger partial charge on any atom is -0.493 e. The zero-order valence-corrected chi connectivity index (χ0v) is 20.5. The number of aromatic nitrogens is 1. The summed E-state index contributed by atoms with van der Waals surface area (Å²) < 4.78 is 17.0. The number of ether oxygens (including phenoxy) is 3. The normalized spacial score (nSPS) is 20.3. The Hall–Kier alpha value is -3.48. The second-order valence-corrected chi connectivity index (χ2v) is 9.27. The fourth-order valence-electron chi connectivity index (χ4n) is 5.37. The number of benzene rings is 3. The maximum atomic E-state index is 11.0. The molecule has 0 fully saturated rings. The van der Waals surface area contributed by atoms with Crippen LogP contribution in [-0.4, -0.2) is 49.6 Å². The van der Waals surface area contributed by atoms with Crippen LogP contribution in [-0.2, 0) is 6.42 Å². The van der Waals surface area contributed by atoms with Gasteiger partial charge in [-0.2, -0.15) is 0 Å². The molecule has 0 radical (unpaired) electrons. The summed E-state index contributed by atoms with van der Waals surface area (Å²) in [6.07, 6.45) is 0.325. The van der Waals surface area contributed by atoms with Crippen molar-refractivity contribution in [1.82, 2.24) is 4.98 Å². The van der Waals surface area contributed by atoms with E-state index in [1.54, 1.807) is 14.2 Å². The van der Waals surface area contributed by atoms with Crippen LogP contribution in [0, 0.1) is 0 Å². The zero-order chi connectivity index (χ0) is 24.4. The Morgan fingerprint density at radius 2 is 1.71 bits per heavy atom. The molecule has 35 heavy (non-hydrogen) atoms. The molecular formula is C29H33N2O4+. The van der Waals surface area contributed by atoms with E-state index in [9.17, 15) is 5.11 Å². The van der Waals surface area contributed by atoms with Gasteiger partial charge in [-0.15, -0.1) is 0 Å². The number of nitrogens with one attached hydrogen (secondary N) is 2. The molecule has 0 spiro atoms. The van der Waals surface area contributed by atoms with E-state index < -0.39 is 6.10 Å². The number of quaternary nitrogens is 1. The van der Waals surface area contributed by atoms with E-state index in [2.05, 4.69) is 48.3 Å². The molecule has 0 aliphatic carbocycles. The van der Waals surface area contributed by atoms with E-state index in [4.69, 9.17) is 14.2 Å². The molecule has 3 aromatic carbocycles. The maximum Gasteiger partial charge on any atom is 0.161 e. The summed E-state index contributed by atoms with van der Waals surface area (Å²) in [5.74, 6) is 2.17. The molecule has 6 nitrogen and oxygen atoms in total. The molecule has 3 N–H and O–H groups in total. The van der Waals surface area contributed by atoms with E-state index >= 15 is 0 Å². The Morgan fingerprint density at radius 3 is 2.49 bits per heavy atom. The number of aromatic amines is 1. The van der Waals surface area contributed by atoms with Crippen molar-refractivity contribution in [1.29, 1.82) is 0 Å². The molecule has 6 heteroatoms. The lowest BCUT2D eigenvalue weighted by atomic mass is 9.88. The van der Waals surface area contributed by atoms with Gasteiger partial charge in [-0.05, 0) is 48.9 Å². The van der Waals surface area contributed by atoms with Crippen LogP contribution in [0.25, 0.3) is 10.9 Å². The van der Waals surface area contributed by atoms with Gasteiger partial charge in [0.25, 0.3) is 0 Å². The first-order chi connectivity index (χ1) is 17.1. The Labute approximate surface area is 206 Å². The fourth-order valence-corrected chi connectivity index (χ4v) is 5.37. The molecule has 1 aliphatic rings. The molecule has 0 saturated heterocycles. The Balaban J connectivity index is 1.51. The van der Waals surface area contributed by atoms with Gasteiger partial charge in [0, 0.05) is 22.9 Å². The summed E-state index contributed by atoms with van der Waals surface area (Å²) >= 11 is 0. The second kappa shape index (κ2) is 10.0. The van der Waals surface area contributed by atoms with Gasteiger partial charge in [0.15, 0.2) is 17.5 Å². The highest BCUT2D eigenvalue weighted by Gasteiger charge is 2.40. The summed E-state index contributed by atoms with van der Waals surface area (Å²) in [6.45, 7) is 3.07. The van der Waals surface area contributed by atoms with E-state index in [0.717, 1.165) is 23.3 Å². The lowest BCUT2D eigenvalue weighted by Gasteiger charge is -2.39. The number of methoxy groups -OCH3 is 2. The standard InChI is InChI=1S/C29H32N2O4/c1-19-15-24-23-11-7-8-12-25(23)30-28(24)29(20-13-14-26(33-2)27(16-20)34-3)31(19)17-21(32)18-35-22-9-5-4-6-10-22/h4-14,16,19,21,29-30,32H,15,17-18H2,1-3H3/p+1/t19-,21+,29-/m1/s1. The maximum absolute atomic E-state index is 11.0. The van der Waals surface area contributed by atoms with Crippen molar-refractivity contribution >= 4 is 10.9 Å². The lowest BCUT2D eigenvalue weighted by molar-refractivity contribution is -0.953. The monoisotopic (exact) mass is 473 g/mol. The van der Waals surface area contributed by atoms with Crippen LogP contribution in [0.1, 0.15) is 29.8 Å². The van der Waals surface area contributed by atoms with E-state index in [1.165, 1.54) is 21.5 Å². The van der Waals surface area contributed by atoms with Crippen LogP contribution < -0.4 is 19.1 Å². The minimum absolute atomic E-state index is 0.00679. The van der Waals surface area contributed by atoms with Crippen molar-refractivity contribution in [2.75, 3.05) is 27.4 Å². The molecule has 0 amide bonds. The van der Waals surface area contributed by atoms with Gasteiger partial charge < -0.3 is 29.2 Å². The van der Waals surface area contributed by atoms with Gasteiger partial charge in [-0.3, -0.25) is 0 Å². The van der Waals surface area contributed by atoms with Gasteiger partial charge in [0.05, 0.1) is 26.0 Å². The molecule has 1 unspecified atom stereocenters. The van der Waals surface area contributed by atoms with Crippen molar-refractivity contribution in [3.8, 4) is 17.2 Å². The van der Waals surface area contributed by atoms with E-state index in [1.807, 2.05) is 36.4 Å². The molecule has 4 aromatic rings. The number of hydrogen-bond acceptors (Lipinski definition) is 4. The first-order valence-electron chi connectivity index (χ1n) is 12.1. The number of hydrogen-bond donors (Lipinski definition) is 3. The summed E-state index contributed by atoms with van der Waals surface area (Å²) in [6, 6.07) is 24.5. The van der Waals surface area contributed by atoms with Gasteiger partial charge in [0.1, 0.15) is 25.0 Å². The third-order valence-electron chi connectivity index (χ3n) is 7.05. The van der Waals surface area contributed by atoms with Crippen molar-refractivity contribution in [2.24, 2.45) is 0 Å². The zero-order valence-electron chi connectivity index (χ0n) is 20.5. The first-order valence-corrected chi connectivity index (χ1v) is 12.1. The number of para-hydroxylation sites is 2. The number of fused-ring (bicyclic) bond motifs is 3. The number of rotatable bonds is 8. The van der Waals surface area contributed by atoms with Crippen LogP contribution in [0.4, 0.5) is 0 Å². The largest absolute Gasteiger partial charge is 0.493 e. The Morgan fingerprint density at radius 1 is 0.971 bits per heavy atom. The van der Waals surface area contributed by atoms with E-state index in [0.29, 0.717) is 24.1 Å². The second-order valence-electron chi connectivity index (χ2n) is 9.27. The molecule has 1 aromatic heterocycles. The molecule has 4 atom stereocenters. The molecule has 1 aliphatic heterocycles. The van der Waals surface area contributed by atoms with Gasteiger partial charge >= 0.3 is 0 Å². The average Bonchev–Trinajstić information content (AvgIpc) is 3.26. The van der Waals surface area contributed by atoms with Crippen molar-refractivity contribution in [2.45, 2.75) is 31.5 Å². The number of H-pyrrole nitrogens is 1. The van der Waals surface area contributed by atoms with Gasteiger partial charge in [-0.25, -0.2) is 0 Å². The SMILES string of the molecule is COc1ccc([C@@H]2c3[nH]c4ccccc4c3C[C@@H](C)[NH+]2C[C@H](O)COc2ccccc2)cc1OC. The summed E-state index contributed by atoms with van der Waals surface area (Å²) in [4.78, 5) is 5.00. The summed E-state index contributed by atoms with van der Waals surface area (Å²) in [5.41, 5.74) is 4.81. The molecular weight excluding hydrogens is 440 g/mol. The highest BCUT2D eigenvalue weighted by atomic mass is 16.5. The Bertz CT molecular complexity index is 1290. The van der Waals surface area contributed by atoms with Crippen LogP contribution in [0.15, 0.2) is 72.8 Å². The average molecular weight is 474 g/mol. The van der Waals surface area contributed by atoms with E-state index in [-0.39, 0.29) is 12.6 Å². The predicted octanol–water partition coefficient (Wildman–Crippen LogP) is 3.54. The van der Waals surface area contributed by atoms with Crippen molar-refractivity contribution in [3.63, 3.8) is 0 Å². The van der Waals surface area contributed by atoms with Gasteiger partial charge in [0.2, 0.25) is 0 Å². The molecule has 0 saturated carbocycles. The highest BCUT2D eigenvalue weighted by molar-refractivity contribution is 5.85. The smallest absolute Gasteiger partial charge is 0.161 e. The summed E-state index contributed by atoms with van der Waals surface area (Å²) in [5, 5.41) is 12.3. The Kier molecular flexibility index (Phi) is 6.66. The quantitative estimate of drug-likeness (QED) is 0.366. The van der Waals surface area contributed by atoms with Crippen LogP contribution in [0.5, 0.6) is 17.2 Å². The van der Waals surface area contributed by atoms with Crippen molar-refractivity contribution in [3.05, 3.63) is 89.6 Å². The molecule has 2 heterocycles. The molecule has 5 rings (SSSR count). The fraction of sp³-hybridized carbons (Fsp3) is 0.310. The minimum atomic E-state index is -0.610. The summed E-state index contributed by atoms with van der Waals surface area (Å²) in [7, 11) is 3.31. The first kappa shape index (κ1) is 23.3. The molecule has 182 valence electrons. The number of aliphatic hydroxyl groups is 1. The molecule has 0 bridgehead atoms. The third-order valence-corrected chi connectivity index (χ3v) is 7.05.